The summed E-state index contributed by atoms with van der Waals surface area (Å²) in [6, 6.07) is 11.5. The molecule has 0 unspecified atom stereocenters. The molecule has 0 spiro atoms. The van der Waals surface area contributed by atoms with Crippen LogP contribution in [0.1, 0.15) is 11.1 Å². The highest BCUT2D eigenvalue weighted by atomic mass is 19.1. The topological polar surface area (TPSA) is 38.7 Å². The Balaban J connectivity index is 1.79. The van der Waals surface area contributed by atoms with Crippen LogP contribution in [0.2, 0.25) is 0 Å². The van der Waals surface area contributed by atoms with Crippen molar-refractivity contribution in [2.75, 3.05) is 13.2 Å². The predicted octanol–water partition coefficient (Wildman–Crippen LogP) is 2.76. The molecule has 2 aromatic rings. The van der Waals surface area contributed by atoms with E-state index in [1.54, 1.807) is 0 Å². The van der Waals surface area contributed by atoms with Crippen LogP contribution in [0.5, 0.6) is 5.75 Å². The zero-order valence-corrected chi connectivity index (χ0v) is 11.2. The first-order valence-corrected chi connectivity index (χ1v) is 6.55. The zero-order chi connectivity index (χ0) is 14.9. The lowest BCUT2D eigenvalue weighted by Crippen LogP contribution is -2.47. The standard InChI is InChI=1S/C16H14F2O3/c17-13-6-12(21-8-11-4-2-1-3-5-11)7-14(18)15(13)16(19)9-20-10-16/h1-7,19H,8-10H2. The highest BCUT2D eigenvalue weighted by Gasteiger charge is 2.42. The van der Waals surface area contributed by atoms with E-state index in [1.807, 2.05) is 30.3 Å². The van der Waals surface area contributed by atoms with Gasteiger partial charge in [0, 0.05) is 12.1 Å². The largest absolute Gasteiger partial charge is 0.489 e. The van der Waals surface area contributed by atoms with Crippen molar-refractivity contribution in [3.63, 3.8) is 0 Å². The molecule has 0 bridgehead atoms. The van der Waals surface area contributed by atoms with E-state index < -0.39 is 17.2 Å². The van der Waals surface area contributed by atoms with E-state index in [2.05, 4.69) is 0 Å². The summed E-state index contributed by atoms with van der Waals surface area (Å²) in [5.74, 6) is -1.57. The minimum Gasteiger partial charge on any atom is -0.489 e. The molecule has 3 rings (SSSR count). The summed E-state index contributed by atoms with van der Waals surface area (Å²) in [5, 5.41) is 10.00. The van der Waals surface area contributed by atoms with Gasteiger partial charge in [0.25, 0.3) is 0 Å². The fraction of sp³-hybridized carbons (Fsp3) is 0.250. The van der Waals surface area contributed by atoms with Gasteiger partial charge in [-0.2, -0.15) is 0 Å². The number of halogens is 2. The predicted molar refractivity (Wildman–Crippen MR) is 71.8 cm³/mol. The van der Waals surface area contributed by atoms with Crippen molar-refractivity contribution in [3.05, 3.63) is 65.2 Å². The van der Waals surface area contributed by atoms with Gasteiger partial charge < -0.3 is 14.6 Å². The normalized spacial score (nSPS) is 16.3. The maximum Gasteiger partial charge on any atom is 0.142 e. The molecule has 0 saturated carbocycles. The monoisotopic (exact) mass is 292 g/mol. The van der Waals surface area contributed by atoms with Gasteiger partial charge in [-0.1, -0.05) is 30.3 Å². The lowest BCUT2D eigenvalue weighted by Gasteiger charge is -2.37. The van der Waals surface area contributed by atoms with Gasteiger partial charge in [-0.3, -0.25) is 0 Å². The number of hydrogen-bond donors (Lipinski definition) is 1. The van der Waals surface area contributed by atoms with Gasteiger partial charge >= 0.3 is 0 Å². The SMILES string of the molecule is OC1(c2c(F)cc(OCc3ccccc3)cc2F)COC1. The van der Waals surface area contributed by atoms with Crippen LogP contribution in [-0.4, -0.2) is 18.3 Å². The van der Waals surface area contributed by atoms with Gasteiger partial charge in [-0.05, 0) is 5.56 Å². The van der Waals surface area contributed by atoms with Gasteiger partial charge in [0.1, 0.15) is 29.6 Å². The second-order valence-corrected chi connectivity index (χ2v) is 5.06. The number of aliphatic hydroxyl groups is 1. The third-order valence-corrected chi connectivity index (χ3v) is 3.41. The van der Waals surface area contributed by atoms with Crippen molar-refractivity contribution in [1.82, 2.24) is 0 Å². The fourth-order valence-corrected chi connectivity index (χ4v) is 2.26. The number of ether oxygens (including phenoxy) is 2. The van der Waals surface area contributed by atoms with E-state index in [9.17, 15) is 13.9 Å². The van der Waals surface area contributed by atoms with Crippen LogP contribution >= 0.6 is 0 Å². The molecule has 1 N–H and O–H groups in total. The van der Waals surface area contributed by atoms with Crippen LogP contribution in [0.15, 0.2) is 42.5 Å². The van der Waals surface area contributed by atoms with E-state index >= 15 is 0 Å². The smallest absolute Gasteiger partial charge is 0.142 e. The lowest BCUT2D eigenvalue weighted by molar-refractivity contribution is -0.187. The average molecular weight is 292 g/mol. The molecular formula is C16H14F2O3. The van der Waals surface area contributed by atoms with Gasteiger partial charge in [-0.15, -0.1) is 0 Å². The molecule has 0 atom stereocenters. The maximum absolute atomic E-state index is 14.0. The van der Waals surface area contributed by atoms with Crippen LogP contribution < -0.4 is 4.74 Å². The van der Waals surface area contributed by atoms with Crippen molar-refractivity contribution in [3.8, 4) is 5.75 Å². The van der Waals surface area contributed by atoms with Crippen LogP contribution in [0.25, 0.3) is 0 Å². The fourth-order valence-electron chi connectivity index (χ4n) is 2.26. The minimum absolute atomic E-state index is 0.0847. The van der Waals surface area contributed by atoms with Crippen molar-refractivity contribution >= 4 is 0 Å². The van der Waals surface area contributed by atoms with Crippen molar-refractivity contribution < 1.29 is 23.4 Å². The molecule has 21 heavy (non-hydrogen) atoms. The molecule has 1 aliphatic heterocycles. The molecular weight excluding hydrogens is 278 g/mol. The second-order valence-electron chi connectivity index (χ2n) is 5.06. The Morgan fingerprint density at radius 1 is 1.10 bits per heavy atom. The Hall–Kier alpha value is -1.98. The quantitative estimate of drug-likeness (QED) is 0.941. The summed E-state index contributed by atoms with van der Waals surface area (Å²) in [7, 11) is 0. The van der Waals surface area contributed by atoms with E-state index in [0.29, 0.717) is 0 Å². The summed E-state index contributed by atoms with van der Waals surface area (Å²) < 4.78 is 38.2. The average Bonchev–Trinajstić information content (AvgIpc) is 2.44. The Labute approximate surface area is 120 Å². The molecule has 2 aromatic carbocycles. The first-order valence-electron chi connectivity index (χ1n) is 6.55. The van der Waals surface area contributed by atoms with Crippen molar-refractivity contribution in [1.29, 1.82) is 0 Å². The first kappa shape index (κ1) is 14.0. The second kappa shape index (κ2) is 5.42. The molecule has 5 heteroatoms. The molecule has 1 aliphatic rings. The lowest BCUT2D eigenvalue weighted by atomic mass is 9.91. The Bertz CT molecular complexity index is 616. The molecule has 1 fully saturated rings. The van der Waals surface area contributed by atoms with E-state index in [-0.39, 0.29) is 31.1 Å². The van der Waals surface area contributed by atoms with E-state index in [4.69, 9.17) is 9.47 Å². The molecule has 1 heterocycles. The third-order valence-electron chi connectivity index (χ3n) is 3.41. The summed E-state index contributed by atoms with van der Waals surface area (Å²) in [6.45, 7) is 0.00254. The van der Waals surface area contributed by atoms with Crippen LogP contribution in [0.3, 0.4) is 0 Å². The molecule has 110 valence electrons. The number of benzene rings is 2. The molecule has 1 saturated heterocycles. The number of rotatable bonds is 4. The van der Waals surface area contributed by atoms with E-state index in [0.717, 1.165) is 17.7 Å². The first-order chi connectivity index (χ1) is 10.1. The third kappa shape index (κ3) is 2.75. The van der Waals surface area contributed by atoms with Gasteiger partial charge in [0.05, 0.1) is 18.8 Å². The van der Waals surface area contributed by atoms with Crippen LogP contribution in [0, 0.1) is 11.6 Å². The molecule has 0 amide bonds. The summed E-state index contributed by atoms with van der Waals surface area (Å²) >= 11 is 0. The minimum atomic E-state index is -1.58. The van der Waals surface area contributed by atoms with Crippen molar-refractivity contribution in [2.24, 2.45) is 0 Å². The Morgan fingerprint density at radius 3 is 2.24 bits per heavy atom. The summed E-state index contributed by atoms with van der Waals surface area (Å²) in [5.41, 5.74) is -1.04. The van der Waals surface area contributed by atoms with Gasteiger partial charge in [-0.25, -0.2) is 8.78 Å². The summed E-state index contributed by atoms with van der Waals surface area (Å²) in [4.78, 5) is 0. The van der Waals surface area contributed by atoms with Crippen LogP contribution in [-0.2, 0) is 16.9 Å². The summed E-state index contributed by atoms with van der Waals surface area (Å²) in [6.07, 6.45) is 0. The Morgan fingerprint density at radius 2 is 1.71 bits per heavy atom. The highest BCUT2D eigenvalue weighted by Crippen LogP contribution is 2.35. The molecule has 3 nitrogen and oxygen atoms in total. The highest BCUT2D eigenvalue weighted by molar-refractivity contribution is 5.35. The number of hydrogen-bond acceptors (Lipinski definition) is 3. The maximum atomic E-state index is 14.0. The van der Waals surface area contributed by atoms with E-state index in [1.165, 1.54) is 0 Å². The van der Waals surface area contributed by atoms with Crippen molar-refractivity contribution in [2.45, 2.75) is 12.2 Å². The van der Waals surface area contributed by atoms with Gasteiger partial charge in [0.15, 0.2) is 0 Å². The molecule has 0 aromatic heterocycles. The van der Waals surface area contributed by atoms with Gasteiger partial charge in [0.2, 0.25) is 0 Å². The molecule has 0 radical (unpaired) electrons. The Kier molecular flexibility index (Phi) is 3.61. The van der Waals surface area contributed by atoms with Crippen LogP contribution in [0.4, 0.5) is 8.78 Å². The zero-order valence-electron chi connectivity index (χ0n) is 11.2. The molecule has 0 aliphatic carbocycles.